The smallest absolute Gasteiger partial charge is 0.322 e. The van der Waals surface area contributed by atoms with Gasteiger partial charge < -0.3 is 18.1 Å². The minimum absolute atomic E-state index is 0.350. The molecule has 0 saturated heterocycles. The summed E-state index contributed by atoms with van der Waals surface area (Å²) in [7, 11) is -1.25. The monoisotopic (exact) mass is 447 g/mol. The first-order valence-corrected chi connectivity index (χ1v) is 13.2. The first-order valence-electron chi connectivity index (χ1n) is 10.4. The van der Waals surface area contributed by atoms with Crippen LogP contribution in [-0.4, -0.2) is 50.3 Å². The molecule has 168 valence electrons. The van der Waals surface area contributed by atoms with Crippen LogP contribution in [0.3, 0.4) is 0 Å². The van der Waals surface area contributed by atoms with Gasteiger partial charge in [0.05, 0.1) is 19.4 Å². The Labute approximate surface area is 178 Å². The lowest BCUT2D eigenvalue weighted by Gasteiger charge is -2.35. The van der Waals surface area contributed by atoms with Gasteiger partial charge in [-0.05, 0) is 58.1 Å². The number of benzene rings is 1. The van der Waals surface area contributed by atoms with Crippen molar-refractivity contribution in [1.29, 1.82) is 0 Å². The minimum Gasteiger partial charge on any atom is -0.322 e. The van der Waals surface area contributed by atoms with E-state index in [0.717, 1.165) is 18.4 Å². The highest BCUT2D eigenvalue weighted by atomic mass is 31.2. The standard InChI is InChI=1S/C21H39NO5P2/c1-8-15-26-28(22(18(2)3)19(4)5)27-16-13-20-11-9-10-12-21(20)14-17-29(23,24-6)25-7/h9-12,18-19H,8,13-17H2,1-7H3. The van der Waals surface area contributed by atoms with E-state index in [2.05, 4.69) is 51.4 Å². The maximum absolute atomic E-state index is 12.4. The van der Waals surface area contributed by atoms with Gasteiger partial charge in [0.1, 0.15) is 0 Å². The maximum atomic E-state index is 12.4. The number of aryl methyl sites for hydroxylation is 1. The third kappa shape index (κ3) is 9.14. The molecule has 1 unspecified atom stereocenters. The largest absolute Gasteiger partial charge is 0.330 e. The van der Waals surface area contributed by atoms with Gasteiger partial charge in [0.15, 0.2) is 0 Å². The highest BCUT2D eigenvalue weighted by Crippen LogP contribution is 2.47. The molecule has 0 bridgehead atoms. The van der Waals surface area contributed by atoms with Gasteiger partial charge in [-0.2, -0.15) is 0 Å². The van der Waals surface area contributed by atoms with E-state index in [4.69, 9.17) is 18.1 Å². The Bertz CT molecular complexity index is 611. The van der Waals surface area contributed by atoms with Crippen LogP contribution in [0.5, 0.6) is 0 Å². The Hall–Kier alpha value is -0.320. The van der Waals surface area contributed by atoms with Gasteiger partial charge in [-0.25, -0.2) is 4.67 Å². The molecule has 0 aliphatic rings. The number of nitrogens with zero attached hydrogens (tertiary/aromatic N) is 1. The number of hydrogen-bond donors (Lipinski definition) is 0. The maximum Gasteiger partial charge on any atom is 0.330 e. The number of hydrogen-bond acceptors (Lipinski definition) is 6. The summed E-state index contributed by atoms with van der Waals surface area (Å²) in [5, 5.41) is 0. The van der Waals surface area contributed by atoms with Crippen LogP contribution in [0.15, 0.2) is 24.3 Å². The molecule has 8 heteroatoms. The summed E-state index contributed by atoms with van der Waals surface area (Å²) in [6.07, 6.45) is 2.74. The predicted octanol–water partition coefficient (Wildman–Crippen LogP) is 6.05. The van der Waals surface area contributed by atoms with Crippen molar-refractivity contribution in [3.05, 3.63) is 35.4 Å². The van der Waals surface area contributed by atoms with Gasteiger partial charge in [-0.15, -0.1) is 0 Å². The van der Waals surface area contributed by atoms with Crippen molar-refractivity contribution < 1.29 is 22.7 Å². The highest BCUT2D eigenvalue weighted by Gasteiger charge is 2.27. The van der Waals surface area contributed by atoms with Crippen LogP contribution in [0.4, 0.5) is 0 Å². The lowest BCUT2D eigenvalue weighted by Crippen LogP contribution is -2.33. The lowest BCUT2D eigenvalue weighted by molar-refractivity contribution is 0.175. The van der Waals surface area contributed by atoms with E-state index in [-0.39, 0.29) is 0 Å². The molecule has 0 fully saturated rings. The fourth-order valence-electron chi connectivity index (χ4n) is 3.11. The molecule has 0 aliphatic heterocycles. The van der Waals surface area contributed by atoms with E-state index in [0.29, 0.717) is 37.9 Å². The van der Waals surface area contributed by atoms with Crippen LogP contribution in [-0.2, 0) is 35.5 Å². The van der Waals surface area contributed by atoms with Crippen molar-refractivity contribution in [3.63, 3.8) is 0 Å². The fraction of sp³-hybridized carbons (Fsp3) is 0.714. The molecular formula is C21H39NO5P2. The quantitative estimate of drug-likeness (QED) is 0.305. The van der Waals surface area contributed by atoms with E-state index < -0.39 is 16.1 Å². The van der Waals surface area contributed by atoms with Crippen LogP contribution in [0.2, 0.25) is 0 Å². The van der Waals surface area contributed by atoms with Crippen molar-refractivity contribution in [2.24, 2.45) is 0 Å². The zero-order valence-corrected chi connectivity index (χ0v) is 20.9. The first kappa shape index (κ1) is 26.7. The minimum atomic E-state index is -3.01. The average molecular weight is 447 g/mol. The molecule has 0 N–H and O–H groups in total. The molecule has 0 aromatic heterocycles. The Morgan fingerprint density at radius 2 is 1.45 bits per heavy atom. The zero-order valence-electron chi connectivity index (χ0n) is 19.1. The second kappa shape index (κ2) is 13.9. The Kier molecular flexibility index (Phi) is 12.8. The van der Waals surface area contributed by atoms with Gasteiger partial charge in [0.2, 0.25) is 0 Å². The molecule has 1 atom stereocenters. The average Bonchev–Trinajstić information content (AvgIpc) is 2.70. The van der Waals surface area contributed by atoms with Gasteiger partial charge in [-0.3, -0.25) is 4.57 Å². The molecule has 29 heavy (non-hydrogen) atoms. The van der Waals surface area contributed by atoms with Crippen LogP contribution in [0.1, 0.15) is 52.2 Å². The van der Waals surface area contributed by atoms with E-state index in [1.807, 2.05) is 12.1 Å². The summed E-state index contributed by atoms with van der Waals surface area (Å²) < 4.78 is 37.1. The third-order valence-corrected chi connectivity index (χ3v) is 8.55. The summed E-state index contributed by atoms with van der Waals surface area (Å²) in [5.74, 6) is 0. The molecule has 6 nitrogen and oxygen atoms in total. The Morgan fingerprint density at radius 1 is 0.931 bits per heavy atom. The summed E-state index contributed by atoms with van der Waals surface area (Å²) >= 11 is 0. The Balaban J connectivity index is 2.76. The topological polar surface area (TPSA) is 57.2 Å². The van der Waals surface area contributed by atoms with E-state index in [1.165, 1.54) is 19.8 Å². The normalized spacial score (nSPS) is 13.6. The Morgan fingerprint density at radius 3 is 1.93 bits per heavy atom. The molecular weight excluding hydrogens is 408 g/mol. The van der Waals surface area contributed by atoms with Crippen LogP contribution >= 0.6 is 16.1 Å². The SMILES string of the molecule is CCCOP(OCCc1ccccc1CCP(=O)(OC)OC)N(C(C)C)C(C)C. The van der Waals surface area contributed by atoms with E-state index in [9.17, 15) is 4.57 Å². The molecule has 0 aliphatic carbocycles. The summed E-state index contributed by atoms with van der Waals surface area (Å²) in [6, 6.07) is 8.89. The lowest BCUT2D eigenvalue weighted by atomic mass is 10.0. The molecule has 0 spiro atoms. The third-order valence-electron chi connectivity index (χ3n) is 4.56. The molecule has 0 heterocycles. The molecule has 0 amide bonds. The molecule has 1 aromatic carbocycles. The first-order chi connectivity index (χ1) is 13.8. The van der Waals surface area contributed by atoms with Crippen molar-refractivity contribution in [1.82, 2.24) is 4.67 Å². The number of rotatable bonds is 15. The summed E-state index contributed by atoms with van der Waals surface area (Å²) in [6.45, 7) is 12.1. The van der Waals surface area contributed by atoms with Crippen molar-refractivity contribution in [2.75, 3.05) is 33.6 Å². The molecule has 1 aromatic rings. The highest BCUT2D eigenvalue weighted by molar-refractivity contribution is 7.53. The zero-order chi connectivity index (χ0) is 21.9. The van der Waals surface area contributed by atoms with Gasteiger partial charge in [0, 0.05) is 26.3 Å². The van der Waals surface area contributed by atoms with E-state index >= 15 is 0 Å². The molecule has 0 saturated carbocycles. The summed E-state index contributed by atoms with van der Waals surface area (Å²) in [4.78, 5) is 0. The van der Waals surface area contributed by atoms with Crippen LogP contribution in [0, 0.1) is 0 Å². The van der Waals surface area contributed by atoms with Gasteiger partial charge in [-0.1, -0.05) is 31.2 Å². The molecule has 1 rings (SSSR count). The van der Waals surface area contributed by atoms with Gasteiger partial charge >= 0.3 is 7.60 Å². The van der Waals surface area contributed by atoms with Crippen molar-refractivity contribution >= 4 is 16.1 Å². The summed E-state index contributed by atoms with van der Waals surface area (Å²) in [5.41, 5.74) is 2.34. The van der Waals surface area contributed by atoms with Crippen molar-refractivity contribution in [2.45, 2.75) is 66.0 Å². The van der Waals surface area contributed by atoms with Crippen LogP contribution in [0.25, 0.3) is 0 Å². The predicted molar refractivity (Wildman–Crippen MR) is 122 cm³/mol. The fourth-order valence-corrected chi connectivity index (χ4v) is 5.82. The van der Waals surface area contributed by atoms with Crippen LogP contribution < -0.4 is 0 Å². The second-order valence-corrected chi connectivity index (χ2v) is 11.3. The second-order valence-electron chi connectivity index (χ2n) is 7.44. The van der Waals surface area contributed by atoms with E-state index in [1.54, 1.807) is 0 Å². The molecule has 0 radical (unpaired) electrons. The van der Waals surface area contributed by atoms with Gasteiger partial charge in [0.25, 0.3) is 8.53 Å². The van der Waals surface area contributed by atoms with Crippen molar-refractivity contribution in [3.8, 4) is 0 Å².